The van der Waals surface area contributed by atoms with Crippen molar-refractivity contribution in [2.75, 3.05) is 68.5 Å². The van der Waals surface area contributed by atoms with E-state index in [2.05, 4.69) is 63.0 Å². The maximum atomic E-state index is 10.7. The zero-order valence-electron chi connectivity index (χ0n) is 42.7. The van der Waals surface area contributed by atoms with Crippen molar-refractivity contribution in [1.82, 2.24) is 10.2 Å². The van der Waals surface area contributed by atoms with Crippen LogP contribution in [-0.2, 0) is 36.8 Å². The Bertz CT molecular complexity index is 2870. The Kier molecular flexibility index (Phi) is 37.5. The molecule has 0 aliphatic carbocycles. The second kappa shape index (κ2) is 38.6. The minimum Gasteiger partial charge on any atom is -1.00 e. The maximum Gasteiger partial charge on any atom is 1.00 e. The molecule has 2 saturated heterocycles. The molecule has 2 atom stereocenters. The number of piperazine rings is 2. The zero-order valence-corrected chi connectivity index (χ0v) is 57.5. The Morgan fingerprint density at radius 3 is 1.52 bits per heavy atom. The van der Waals surface area contributed by atoms with Gasteiger partial charge in [0.25, 0.3) is 16.6 Å². The summed E-state index contributed by atoms with van der Waals surface area (Å²) in [6.07, 6.45) is 2.49. The molecule has 2 aliphatic heterocycles. The molecule has 382 valence electrons. The number of benzene rings is 6. The summed E-state index contributed by atoms with van der Waals surface area (Å²) in [5.74, 6) is 0. The average Bonchev–Trinajstić information content (AvgIpc) is 3.37. The molecule has 2 heterocycles. The van der Waals surface area contributed by atoms with Crippen molar-refractivity contribution >= 4 is 109 Å². The number of anilines is 2. The maximum absolute atomic E-state index is 10.7. The minimum absolute atomic E-state index is 0. The Morgan fingerprint density at radius 1 is 0.667 bits per heavy atom. The summed E-state index contributed by atoms with van der Waals surface area (Å²) >= 11 is 37.2. The quantitative estimate of drug-likeness (QED) is 0.0352. The first-order chi connectivity index (χ1) is 34.1. The van der Waals surface area contributed by atoms with Gasteiger partial charge < -0.3 is 50.7 Å². The van der Waals surface area contributed by atoms with Crippen molar-refractivity contribution in [3.8, 4) is 0 Å². The standard InChI is InChI=1S/C25H22Cl3N3.C16H15Cl3N2.C10H11NO3S.CH2O3.HI.2K.Na.H/c1-29-22-9-2-18(3-10-22)12-13-30-14-15-31(24-11-8-21(27)16-23(24)28)25(17-30)19-4-6-20(26)7-5-19;17-12-3-1-11(2-4-12)16-10-20-7-8-21(16)15-6-5-13(18)9-14(15)19;1-11-10-5-3-9(4-6-10)7-8-14-15(2,12)13;2-1-4-3;;;;;/h2-11,16,25H,12-15,17H2;1-6,9,16,20H,7-8,10H2;3-6H,7-8H2,2H3;1,3H;1H;;;;/q;;;;;3*+1;-1/p-2/t25-;16-;;;;;;;/m00......./s1. The Balaban J connectivity index is 0.00000110. The molecule has 0 amide bonds. The van der Waals surface area contributed by atoms with Gasteiger partial charge in [0.15, 0.2) is 11.4 Å². The fourth-order valence-corrected chi connectivity index (χ4v) is 9.45. The number of carbonyl (C=O) groups is 1. The molecule has 8 rings (SSSR count). The first kappa shape index (κ1) is 72.9. The predicted molar refractivity (Wildman–Crippen MR) is 287 cm³/mol. The fraction of sp³-hybridized carbons (Fsp3) is 0.250. The summed E-state index contributed by atoms with van der Waals surface area (Å²) < 4.78 is 25.9. The number of hydrogen-bond donors (Lipinski definition) is 1. The van der Waals surface area contributed by atoms with Crippen LogP contribution in [-0.4, -0.2) is 78.5 Å². The number of nitrogens with zero attached hydrogens (tertiary/aromatic N) is 5. The Morgan fingerprint density at radius 2 is 1.09 bits per heavy atom. The van der Waals surface area contributed by atoms with E-state index in [1.807, 2.05) is 72.8 Å². The SMILES string of the molecule is Clc1ccc([C@@H]2CNCCN2c2ccc(Cl)cc2Cl)cc1.O=CO[O-].[C-]#[N+]c1ccc(CCN2CCN(c3ccc(Cl)cc3Cl)[C@H](c3ccc(Cl)cc3)C2)cc1.[C-]#[N+]c1ccc(CCOS(C)(=O)=O)cc1.[H-].[I-].[K+].[K+].[Na+]. The summed E-state index contributed by atoms with van der Waals surface area (Å²) in [4.78, 5) is 25.1. The van der Waals surface area contributed by atoms with E-state index in [-0.39, 0.29) is 183 Å². The van der Waals surface area contributed by atoms with Crippen LogP contribution in [0.5, 0.6) is 0 Å². The van der Waals surface area contributed by atoms with Crippen molar-refractivity contribution in [3.05, 3.63) is 209 Å². The fourth-order valence-electron chi connectivity index (χ4n) is 7.78. The first-order valence-electron chi connectivity index (χ1n) is 22.0. The molecule has 2 aliphatic rings. The normalized spacial score (nSPS) is 14.7. The molecule has 2 fully saturated rings. The number of nitrogens with one attached hydrogen (secondary N) is 1. The summed E-state index contributed by atoms with van der Waals surface area (Å²) in [5, 5.41) is 16.0. The molecule has 0 radical (unpaired) electrons. The molecule has 0 saturated carbocycles. The zero-order chi connectivity index (χ0) is 51.3. The van der Waals surface area contributed by atoms with Crippen molar-refractivity contribution in [2.45, 2.75) is 24.9 Å². The molecule has 6 aromatic rings. The van der Waals surface area contributed by atoms with E-state index in [4.69, 9.17) is 92.8 Å². The van der Waals surface area contributed by atoms with Gasteiger partial charge in [0.05, 0.1) is 59.5 Å². The van der Waals surface area contributed by atoms with Gasteiger partial charge in [-0.3, -0.25) is 13.9 Å². The van der Waals surface area contributed by atoms with Crippen molar-refractivity contribution in [1.29, 1.82) is 0 Å². The topological polar surface area (TPSA) is 123 Å². The molecule has 0 spiro atoms. The molecule has 1 N–H and O–H groups in total. The van der Waals surface area contributed by atoms with Gasteiger partial charge in [-0.1, -0.05) is 142 Å². The van der Waals surface area contributed by atoms with Gasteiger partial charge >= 0.3 is 132 Å². The second-order valence-electron chi connectivity index (χ2n) is 16.0. The van der Waals surface area contributed by atoms with Crippen molar-refractivity contribution in [2.24, 2.45) is 0 Å². The van der Waals surface area contributed by atoms with Gasteiger partial charge in [-0.05, 0) is 95.8 Å². The van der Waals surface area contributed by atoms with E-state index in [1.54, 1.807) is 36.4 Å². The van der Waals surface area contributed by atoms with Gasteiger partial charge in [-0.15, -0.1) is 0 Å². The smallest absolute Gasteiger partial charge is 1.00 e. The molecule has 0 unspecified atom stereocenters. The van der Waals surface area contributed by atoms with Crippen LogP contribution < -0.4 is 177 Å². The molecular weight excluding hydrogens is 1280 g/mol. The Hall–Kier alpha value is -0.0973. The summed E-state index contributed by atoms with van der Waals surface area (Å²) in [6.45, 7) is 20.2. The average molecular weight is 1330 g/mol. The monoisotopic (exact) mass is 1320 g/mol. The largest absolute Gasteiger partial charge is 1.00 e. The van der Waals surface area contributed by atoms with Crippen LogP contribution in [0.4, 0.5) is 22.7 Å². The molecule has 6 aromatic carbocycles. The third kappa shape index (κ3) is 25.3. The predicted octanol–water partition coefficient (Wildman–Crippen LogP) is 0.421. The number of halogens is 7. The molecule has 0 bridgehead atoms. The minimum atomic E-state index is -3.36. The van der Waals surface area contributed by atoms with Crippen molar-refractivity contribution in [3.63, 3.8) is 0 Å². The molecule has 75 heavy (non-hydrogen) atoms. The van der Waals surface area contributed by atoms with Crippen LogP contribution >= 0.6 is 69.6 Å². The third-order valence-electron chi connectivity index (χ3n) is 11.2. The Labute approximate surface area is 596 Å². The number of rotatable bonds is 12. The van der Waals surface area contributed by atoms with Gasteiger partial charge in [0.2, 0.25) is 0 Å². The van der Waals surface area contributed by atoms with Gasteiger partial charge in [0.1, 0.15) is 0 Å². The number of hydrogen-bond acceptors (Lipinski definition) is 10. The summed E-state index contributed by atoms with van der Waals surface area (Å²) in [7, 11) is -3.36. The molecule has 12 nitrogen and oxygen atoms in total. The van der Waals surface area contributed by atoms with Gasteiger partial charge in [-0.25, -0.2) is 9.69 Å². The van der Waals surface area contributed by atoms with Crippen LogP contribution in [0.1, 0.15) is 35.8 Å². The van der Waals surface area contributed by atoms with Gasteiger partial charge in [-0.2, -0.15) is 8.42 Å². The van der Waals surface area contributed by atoms with E-state index in [0.717, 1.165) is 85.5 Å². The molecule has 0 aromatic heterocycles. The van der Waals surface area contributed by atoms with Crippen LogP contribution in [0.2, 0.25) is 30.1 Å². The van der Waals surface area contributed by atoms with Crippen molar-refractivity contribution < 1.29 is 185 Å². The van der Waals surface area contributed by atoms with E-state index >= 15 is 0 Å². The third-order valence-corrected chi connectivity index (χ3v) is 13.4. The van der Waals surface area contributed by atoms with Crippen LogP contribution in [0.3, 0.4) is 0 Å². The van der Waals surface area contributed by atoms with E-state index in [0.29, 0.717) is 37.9 Å². The summed E-state index contributed by atoms with van der Waals surface area (Å²) in [5.41, 5.74) is 7.90. The molecule has 23 heteroatoms. The van der Waals surface area contributed by atoms with Crippen LogP contribution in [0, 0.1) is 13.1 Å². The number of carbonyl (C=O) groups excluding carboxylic acids is 1. The van der Waals surface area contributed by atoms with E-state index in [9.17, 15) is 8.42 Å². The first-order valence-corrected chi connectivity index (χ1v) is 26.1. The summed E-state index contributed by atoms with van der Waals surface area (Å²) in [6, 6.07) is 42.6. The van der Waals surface area contributed by atoms with Crippen LogP contribution in [0.25, 0.3) is 9.69 Å². The van der Waals surface area contributed by atoms with E-state index in [1.165, 1.54) is 16.7 Å². The second-order valence-corrected chi connectivity index (χ2v) is 20.2. The van der Waals surface area contributed by atoms with Gasteiger partial charge in [0, 0.05) is 65.9 Å². The van der Waals surface area contributed by atoms with Crippen LogP contribution in [0.15, 0.2) is 133 Å². The van der Waals surface area contributed by atoms with E-state index < -0.39 is 10.1 Å². The molecular formula is C52H50Cl6IK2N6NaO6S.